The Hall–Kier alpha value is -3.77. The largest absolute Gasteiger partial charge is 0.381 e. The quantitative estimate of drug-likeness (QED) is 0.128. The molecule has 9 nitrogen and oxygen atoms in total. The number of aliphatic imine (C=N–C) groups is 1. The van der Waals surface area contributed by atoms with Crippen LogP contribution in [0, 0.1) is 17.2 Å². The minimum absolute atomic E-state index is 0.304. The van der Waals surface area contributed by atoms with Crippen LogP contribution in [0.3, 0.4) is 0 Å². The van der Waals surface area contributed by atoms with Gasteiger partial charge in [0.05, 0.1) is 11.3 Å². The number of aldehydes is 1. The summed E-state index contributed by atoms with van der Waals surface area (Å²) < 4.78 is 0. The first-order chi connectivity index (χ1) is 18.5. The first kappa shape index (κ1) is 28.8. The summed E-state index contributed by atoms with van der Waals surface area (Å²) in [6.07, 6.45) is 14.3. The lowest BCUT2D eigenvalue weighted by Crippen LogP contribution is -2.31. The van der Waals surface area contributed by atoms with Gasteiger partial charge in [0, 0.05) is 50.8 Å². The van der Waals surface area contributed by atoms with Crippen molar-refractivity contribution < 1.29 is 9.59 Å². The predicted octanol–water partition coefficient (Wildman–Crippen LogP) is 3.15. The van der Waals surface area contributed by atoms with Gasteiger partial charge in [-0.1, -0.05) is 19.9 Å². The highest BCUT2D eigenvalue weighted by molar-refractivity contribution is 5.86. The van der Waals surface area contributed by atoms with Crippen LogP contribution in [0.5, 0.6) is 0 Å². The van der Waals surface area contributed by atoms with E-state index in [9.17, 15) is 14.9 Å². The van der Waals surface area contributed by atoms with Crippen LogP contribution in [0.1, 0.15) is 54.2 Å². The number of aromatic nitrogens is 1. The zero-order chi connectivity index (χ0) is 27.3. The number of hydrogen-bond acceptors (Lipinski definition) is 8. The number of anilines is 1. The Kier molecular flexibility index (Phi) is 11.2. The zero-order valence-corrected chi connectivity index (χ0v) is 22.5. The number of nitrogens with one attached hydrogen (secondary N) is 2. The maximum Gasteiger partial charge on any atom is 0.207 e. The molecular weight excluding hydrogens is 478 g/mol. The molecule has 1 amide bonds. The van der Waals surface area contributed by atoms with Gasteiger partial charge >= 0.3 is 0 Å². The van der Waals surface area contributed by atoms with Crippen LogP contribution in [0.25, 0.3) is 0 Å². The van der Waals surface area contributed by atoms with Crippen molar-refractivity contribution in [2.75, 3.05) is 38.1 Å². The fourth-order valence-electron chi connectivity index (χ4n) is 5.00. The van der Waals surface area contributed by atoms with E-state index in [0.29, 0.717) is 42.6 Å². The van der Waals surface area contributed by atoms with Crippen LogP contribution >= 0.6 is 0 Å². The van der Waals surface area contributed by atoms with E-state index in [1.807, 2.05) is 19.3 Å². The summed E-state index contributed by atoms with van der Waals surface area (Å²) in [5, 5.41) is 16.1. The predicted molar refractivity (Wildman–Crippen MR) is 151 cm³/mol. The number of carbonyl (C=O) groups is 2. The Morgan fingerprint density at radius 1 is 1.34 bits per heavy atom. The van der Waals surface area contributed by atoms with Crippen molar-refractivity contribution in [3.63, 3.8) is 0 Å². The summed E-state index contributed by atoms with van der Waals surface area (Å²) >= 11 is 0. The summed E-state index contributed by atoms with van der Waals surface area (Å²) in [6.45, 7) is 8.70. The maximum atomic E-state index is 12.0. The van der Waals surface area contributed by atoms with Crippen molar-refractivity contribution in [1.82, 2.24) is 20.5 Å². The summed E-state index contributed by atoms with van der Waals surface area (Å²) in [5.41, 5.74) is 3.67. The molecule has 0 aromatic carbocycles. The van der Waals surface area contributed by atoms with E-state index in [0.717, 1.165) is 67.8 Å². The highest BCUT2D eigenvalue weighted by atomic mass is 16.1. The van der Waals surface area contributed by atoms with Gasteiger partial charge in [-0.3, -0.25) is 14.6 Å². The first-order valence-corrected chi connectivity index (χ1v) is 13.3. The third-order valence-corrected chi connectivity index (χ3v) is 7.25. The van der Waals surface area contributed by atoms with Crippen molar-refractivity contribution in [3.05, 3.63) is 59.2 Å². The Morgan fingerprint density at radius 3 is 2.87 bits per heavy atom. The highest BCUT2D eigenvalue weighted by Crippen LogP contribution is 2.29. The molecule has 2 aliphatic rings. The number of fused-ring (bicyclic) bond motifs is 1. The van der Waals surface area contributed by atoms with Crippen LogP contribution in [0.15, 0.2) is 47.4 Å². The summed E-state index contributed by atoms with van der Waals surface area (Å²) in [6, 6.07) is 4.67. The standard InChI is InChI=1S/C29H39N7O2/c1-4-31-19-25(18-30)27(33-26-9-5-7-22(26)2)11-15-36-13-6-8-24-17-23(28(20-37)34-29(24)36)10-14-35(3)16-12-32-21-38/h4,11,15,17,19-22,26,33H,1,5-10,12-14,16H2,2-3H3,(H,32,38)/b15-11+,27-25+,31-19?. The molecule has 2 N–H and O–H groups in total. The Balaban J connectivity index is 1.83. The van der Waals surface area contributed by atoms with Crippen LogP contribution < -0.4 is 15.5 Å². The van der Waals surface area contributed by atoms with Gasteiger partial charge in [0.1, 0.15) is 17.6 Å². The molecule has 202 valence electrons. The van der Waals surface area contributed by atoms with Gasteiger partial charge in [0.15, 0.2) is 6.29 Å². The summed E-state index contributed by atoms with van der Waals surface area (Å²) in [4.78, 5) is 35.4. The number of likely N-dealkylation sites (N-methyl/N-ethyl adjacent to an activating group) is 1. The molecule has 2 unspecified atom stereocenters. The fourth-order valence-corrected chi connectivity index (χ4v) is 5.00. The van der Waals surface area contributed by atoms with E-state index in [1.165, 1.54) is 25.3 Å². The minimum atomic E-state index is 0.304. The van der Waals surface area contributed by atoms with Crippen LogP contribution in [0.4, 0.5) is 5.82 Å². The smallest absolute Gasteiger partial charge is 0.207 e. The van der Waals surface area contributed by atoms with Gasteiger partial charge in [0.2, 0.25) is 6.41 Å². The SMILES string of the molecule is C=CN=C/C(C#N)=C(\C=C\N1CCCc2cc(CCN(C)CCNC=O)c(C=O)nc21)NC1CCCC1C. The molecule has 1 aliphatic heterocycles. The molecule has 38 heavy (non-hydrogen) atoms. The molecule has 2 heterocycles. The Morgan fingerprint density at radius 2 is 2.18 bits per heavy atom. The van der Waals surface area contributed by atoms with Crippen LogP contribution in [0.2, 0.25) is 0 Å². The summed E-state index contributed by atoms with van der Waals surface area (Å²) in [5.74, 6) is 1.31. The second kappa shape index (κ2) is 14.8. The number of nitriles is 1. The number of aryl methyl sites for hydroxylation is 1. The lowest BCUT2D eigenvalue weighted by atomic mass is 10.0. The zero-order valence-electron chi connectivity index (χ0n) is 22.5. The van der Waals surface area contributed by atoms with Crippen molar-refractivity contribution in [2.45, 2.75) is 51.5 Å². The lowest BCUT2D eigenvalue weighted by molar-refractivity contribution is -0.109. The second-order valence-corrected chi connectivity index (χ2v) is 9.93. The topological polar surface area (TPSA) is 114 Å². The molecule has 0 radical (unpaired) electrons. The highest BCUT2D eigenvalue weighted by Gasteiger charge is 2.24. The Labute approximate surface area is 226 Å². The number of carbonyl (C=O) groups excluding carboxylic acids is 2. The average Bonchev–Trinajstić information content (AvgIpc) is 3.34. The molecule has 1 aromatic rings. The van der Waals surface area contributed by atoms with E-state index in [1.54, 1.807) is 0 Å². The third kappa shape index (κ3) is 7.86. The van der Waals surface area contributed by atoms with E-state index in [-0.39, 0.29) is 0 Å². The molecule has 0 spiro atoms. The molecule has 1 aromatic heterocycles. The third-order valence-electron chi connectivity index (χ3n) is 7.25. The molecule has 2 atom stereocenters. The monoisotopic (exact) mass is 517 g/mol. The van der Waals surface area contributed by atoms with E-state index in [2.05, 4.69) is 51.1 Å². The van der Waals surface area contributed by atoms with Gasteiger partial charge in [0.25, 0.3) is 0 Å². The molecule has 9 heteroatoms. The normalized spacial score (nSPS) is 19.8. The molecule has 1 fully saturated rings. The summed E-state index contributed by atoms with van der Waals surface area (Å²) in [7, 11) is 1.99. The maximum absolute atomic E-state index is 12.0. The van der Waals surface area contributed by atoms with Crippen molar-refractivity contribution in [2.24, 2.45) is 10.9 Å². The molecule has 0 saturated heterocycles. The Bertz CT molecular complexity index is 1120. The fraction of sp³-hybridized carbons (Fsp3) is 0.483. The number of amides is 1. The van der Waals surface area contributed by atoms with E-state index >= 15 is 0 Å². The second-order valence-electron chi connectivity index (χ2n) is 9.93. The van der Waals surface area contributed by atoms with Gasteiger partial charge in [-0.2, -0.15) is 5.26 Å². The molecule has 1 saturated carbocycles. The number of nitrogens with zero attached hydrogens (tertiary/aromatic N) is 5. The minimum Gasteiger partial charge on any atom is -0.381 e. The van der Waals surface area contributed by atoms with Crippen molar-refractivity contribution in [1.29, 1.82) is 5.26 Å². The molecule has 0 bridgehead atoms. The number of pyridine rings is 1. The molecule has 1 aliphatic carbocycles. The molecule has 3 rings (SSSR count). The van der Waals surface area contributed by atoms with Gasteiger partial charge in [-0.25, -0.2) is 4.98 Å². The van der Waals surface area contributed by atoms with E-state index < -0.39 is 0 Å². The van der Waals surface area contributed by atoms with Crippen molar-refractivity contribution in [3.8, 4) is 6.07 Å². The van der Waals surface area contributed by atoms with Gasteiger partial charge in [-0.05, 0) is 68.3 Å². The van der Waals surface area contributed by atoms with Gasteiger partial charge in [-0.15, -0.1) is 0 Å². The van der Waals surface area contributed by atoms with Crippen LogP contribution in [-0.4, -0.2) is 68.1 Å². The van der Waals surface area contributed by atoms with Crippen LogP contribution in [-0.2, 0) is 17.6 Å². The average molecular weight is 518 g/mol. The van der Waals surface area contributed by atoms with Crippen molar-refractivity contribution >= 4 is 24.7 Å². The van der Waals surface area contributed by atoms with Gasteiger partial charge < -0.3 is 20.4 Å². The number of rotatable bonds is 14. The van der Waals surface area contributed by atoms with E-state index in [4.69, 9.17) is 4.98 Å². The lowest BCUT2D eigenvalue weighted by Gasteiger charge is -2.28. The number of hydrogen-bond donors (Lipinski definition) is 2. The molecular formula is C29H39N7O2. The number of allylic oxidation sites excluding steroid dienone is 2. The first-order valence-electron chi connectivity index (χ1n) is 13.3.